The van der Waals surface area contributed by atoms with E-state index in [0.717, 1.165) is 5.56 Å². The maximum atomic E-state index is 11.9. The highest BCUT2D eigenvalue weighted by molar-refractivity contribution is 6.19. The molecule has 0 atom stereocenters. The minimum absolute atomic E-state index is 0.258. The Balaban J connectivity index is 2.61. The fraction of sp³-hybridized carbons (Fsp3) is 0.0769. The van der Waals surface area contributed by atoms with Gasteiger partial charge in [0.25, 0.3) is 0 Å². The maximum Gasteiger partial charge on any atom is 0.341 e. The quantitative estimate of drug-likeness (QED) is 0.836. The summed E-state index contributed by atoms with van der Waals surface area (Å²) >= 11 is 5.54. The summed E-state index contributed by atoms with van der Waals surface area (Å²) in [6.45, 7) is 0. The number of aromatic nitrogens is 1. The summed E-state index contributed by atoms with van der Waals surface area (Å²) in [6.07, 6.45) is 4.82. The van der Waals surface area contributed by atoms with Crippen LogP contribution < -0.4 is 5.43 Å². The minimum Gasteiger partial charge on any atom is -0.477 e. The third kappa shape index (κ3) is 2.28. The van der Waals surface area contributed by atoms with Crippen LogP contribution in [0, 0.1) is 0 Å². The van der Waals surface area contributed by atoms with Crippen molar-refractivity contribution in [2.75, 3.05) is 5.88 Å². The van der Waals surface area contributed by atoms with Gasteiger partial charge < -0.3 is 10.1 Å². The van der Waals surface area contributed by atoms with E-state index in [9.17, 15) is 9.59 Å². The molecule has 4 nitrogen and oxygen atoms in total. The lowest BCUT2D eigenvalue weighted by Crippen LogP contribution is -2.15. The number of hydrogen-bond acceptors (Lipinski definition) is 2. The Morgan fingerprint density at radius 2 is 2.22 bits per heavy atom. The van der Waals surface area contributed by atoms with Crippen LogP contribution in [0.1, 0.15) is 15.9 Å². The van der Waals surface area contributed by atoms with Crippen molar-refractivity contribution in [3.63, 3.8) is 0 Å². The number of hydrogen-bond donors (Lipinski definition) is 2. The van der Waals surface area contributed by atoms with Crippen LogP contribution in [0.3, 0.4) is 0 Å². The zero-order valence-corrected chi connectivity index (χ0v) is 10.1. The molecule has 2 rings (SSSR count). The number of carboxylic acid groups (broad SMARTS) is 1. The molecule has 0 aliphatic heterocycles. The maximum absolute atomic E-state index is 11.9. The topological polar surface area (TPSA) is 70.2 Å². The molecule has 0 amide bonds. The Bertz CT molecular complexity index is 688. The van der Waals surface area contributed by atoms with E-state index in [4.69, 9.17) is 16.7 Å². The van der Waals surface area contributed by atoms with Crippen molar-refractivity contribution in [3.05, 3.63) is 51.8 Å². The number of pyridine rings is 1. The van der Waals surface area contributed by atoms with E-state index < -0.39 is 11.4 Å². The first-order chi connectivity index (χ1) is 8.63. The van der Waals surface area contributed by atoms with Crippen LogP contribution in [-0.2, 0) is 0 Å². The molecular formula is C13H10ClNO3. The number of nitrogens with one attached hydrogen (secondary N) is 1. The van der Waals surface area contributed by atoms with Crippen molar-refractivity contribution in [1.29, 1.82) is 0 Å². The van der Waals surface area contributed by atoms with E-state index in [1.54, 1.807) is 24.3 Å². The number of carbonyl (C=O) groups is 1. The van der Waals surface area contributed by atoms with E-state index in [1.165, 1.54) is 6.20 Å². The fourth-order valence-corrected chi connectivity index (χ4v) is 1.77. The lowest BCUT2D eigenvalue weighted by Gasteiger charge is -2.01. The number of halogens is 1. The zero-order chi connectivity index (χ0) is 13.1. The highest BCUT2D eigenvalue weighted by Gasteiger charge is 2.10. The third-order valence-corrected chi connectivity index (χ3v) is 2.71. The molecule has 0 bridgehead atoms. The van der Waals surface area contributed by atoms with Gasteiger partial charge in [0.1, 0.15) is 5.56 Å². The number of benzene rings is 1. The highest BCUT2D eigenvalue weighted by Crippen LogP contribution is 2.12. The van der Waals surface area contributed by atoms with Crippen molar-refractivity contribution in [3.8, 4) is 0 Å². The normalized spacial score (nSPS) is 11.2. The average molecular weight is 264 g/mol. The van der Waals surface area contributed by atoms with E-state index in [2.05, 4.69) is 4.98 Å². The van der Waals surface area contributed by atoms with Gasteiger partial charge in [-0.05, 0) is 17.7 Å². The first-order valence-electron chi connectivity index (χ1n) is 5.24. The molecule has 1 aromatic carbocycles. The van der Waals surface area contributed by atoms with Crippen LogP contribution in [-0.4, -0.2) is 21.9 Å². The van der Waals surface area contributed by atoms with Gasteiger partial charge in [0.2, 0.25) is 5.43 Å². The summed E-state index contributed by atoms with van der Waals surface area (Å²) < 4.78 is 0. The predicted octanol–water partition coefficient (Wildman–Crippen LogP) is 2.48. The summed E-state index contributed by atoms with van der Waals surface area (Å²) in [7, 11) is 0. The SMILES string of the molecule is O=C(O)c1c[nH]c2cc(C=CCCl)ccc2c1=O. The van der Waals surface area contributed by atoms with Crippen molar-refractivity contribution >= 4 is 34.5 Å². The summed E-state index contributed by atoms with van der Waals surface area (Å²) in [5.74, 6) is -0.823. The number of alkyl halides is 1. The van der Waals surface area contributed by atoms with Crippen molar-refractivity contribution in [2.45, 2.75) is 0 Å². The van der Waals surface area contributed by atoms with Gasteiger partial charge in [-0.25, -0.2) is 4.79 Å². The van der Waals surface area contributed by atoms with Crippen LogP contribution in [0.2, 0.25) is 0 Å². The predicted molar refractivity (Wildman–Crippen MR) is 71.3 cm³/mol. The standard InChI is InChI=1S/C13H10ClNO3/c14-5-1-2-8-3-4-9-11(6-8)15-7-10(12(9)16)13(17)18/h1-4,6-7H,5H2,(H,15,16)(H,17,18). The third-order valence-electron chi connectivity index (χ3n) is 2.53. The van der Waals surface area contributed by atoms with Gasteiger partial charge in [-0.3, -0.25) is 4.79 Å². The highest BCUT2D eigenvalue weighted by atomic mass is 35.5. The van der Waals surface area contributed by atoms with Crippen LogP contribution in [0.4, 0.5) is 0 Å². The van der Waals surface area contributed by atoms with E-state index >= 15 is 0 Å². The smallest absolute Gasteiger partial charge is 0.341 e. The Labute approximate surface area is 108 Å². The molecule has 0 saturated heterocycles. The fourth-order valence-electron chi connectivity index (χ4n) is 1.68. The second-order valence-electron chi connectivity index (χ2n) is 3.70. The average Bonchev–Trinajstić information content (AvgIpc) is 2.36. The molecule has 1 aromatic heterocycles. The molecule has 0 aliphatic rings. The summed E-state index contributed by atoms with van der Waals surface area (Å²) in [4.78, 5) is 25.5. The van der Waals surface area contributed by atoms with Crippen LogP contribution in [0.5, 0.6) is 0 Å². The molecule has 0 spiro atoms. The largest absolute Gasteiger partial charge is 0.477 e. The molecule has 92 valence electrons. The monoisotopic (exact) mass is 263 g/mol. The van der Waals surface area contributed by atoms with Gasteiger partial charge in [0, 0.05) is 23.0 Å². The summed E-state index contributed by atoms with van der Waals surface area (Å²) in [6, 6.07) is 5.12. The molecule has 2 aromatic rings. The molecule has 0 saturated carbocycles. The number of allylic oxidation sites excluding steroid dienone is 1. The number of carboxylic acids is 1. The first kappa shape index (κ1) is 12.4. The Hall–Kier alpha value is -2.07. The van der Waals surface area contributed by atoms with Gasteiger partial charge in [-0.15, -0.1) is 11.6 Å². The Morgan fingerprint density at radius 1 is 1.44 bits per heavy atom. The molecule has 1 heterocycles. The molecule has 5 heteroatoms. The van der Waals surface area contributed by atoms with Crippen LogP contribution in [0.15, 0.2) is 35.3 Å². The van der Waals surface area contributed by atoms with Crippen LogP contribution in [0.25, 0.3) is 17.0 Å². The second-order valence-corrected chi connectivity index (χ2v) is 4.01. The first-order valence-corrected chi connectivity index (χ1v) is 5.78. The van der Waals surface area contributed by atoms with Crippen LogP contribution >= 0.6 is 11.6 Å². The van der Waals surface area contributed by atoms with Crippen molar-refractivity contribution < 1.29 is 9.90 Å². The number of aromatic amines is 1. The van der Waals surface area contributed by atoms with Crippen molar-refractivity contribution in [1.82, 2.24) is 4.98 Å². The number of rotatable bonds is 3. The molecule has 2 N–H and O–H groups in total. The summed E-state index contributed by atoms with van der Waals surface area (Å²) in [5, 5.41) is 9.21. The van der Waals surface area contributed by atoms with Gasteiger partial charge in [-0.1, -0.05) is 18.2 Å². The number of fused-ring (bicyclic) bond motifs is 1. The molecule has 0 radical (unpaired) electrons. The van der Waals surface area contributed by atoms with Gasteiger partial charge in [-0.2, -0.15) is 0 Å². The van der Waals surface area contributed by atoms with E-state index in [-0.39, 0.29) is 5.56 Å². The lowest BCUT2D eigenvalue weighted by atomic mass is 10.1. The number of aromatic carboxylic acids is 1. The van der Waals surface area contributed by atoms with Gasteiger partial charge >= 0.3 is 5.97 Å². The van der Waals surface area contributed by atoms with Crippen molar-refractivity contribution in [2.24, 2.45) is 0 Å². The molecule has 0 aliphatic carbocycles. The zero-order valence-electron chi connectivity index (χ0n) is 9.31. The minimum atomic E-state index is -1.23. The van der Waals surface area contributed by atoms with Gasteiger partial charge in [0.05, 0.1) is 0 Å². The van der Waals surface area contributed by atoms with E-state index in [0.29, 0.717) is 16.8 Å². The molecule has 18 heavy (non-hydrogen) atoms. The summed E-state index contributed by atoms with van der Waals surface area (Å²) in [5.41, 5.74) is 0.749. The molecular weight excluding hydrogens is 254 g/mol. The Morgan fingerprint density at radius 3 is 2.89 bits per heavy atom. The molecule has 0 fully saturated rings. The molecule has 0 unspecified atom stereocenters. The number of H-pyrrole nitrogens is 1. The second kappa shape index (κ2) is 5.06. The van der Waals surface area contributed by atoms with Gasteiger partial charge in [0.15, 0.2) is 0 Å². The lowest BCUT2D eigenvalue weighted by molar-refractivity contribution is 0.0695. The van der Waals surface area contributed by atoms with E-state index in [1.807, 2.05) is 6.08 Å². The Kier molecular flexibility index (Phi) is 3.48.